The Hall–Kier alpha value is -3.67. The molecule has 1 aromatic heterocycles. The van der Waals surface area contributed by atoms with Crippen molar-refractivity contribution < 1.29 is 33.3 Å². The molecule has 12 heteroatoms. The molecular formula is C16H15N5O7. The lowest BCUT2D eigenvalue weighted by Crippen LogP contribution is -2.39. The summed E-state index contributed by atoms with van der Waals surface area (Å²) in [7, 11) is 2.44. The molecule has 0 amide bonds. The first-order valence-corrected chi connectivity index (χ1v) is 8.06. The van der Waals surface area contributed by atoms with Gasteiger partial charge in [0.15, 0.2) is 11.5 Å². The van der Waals surface area contributed by atoms with Crippen molar-refractivity contribution in [3.8, 4) is 17.2 Å². The van der Waals surface area contributed by atoms with Gasteiger partial charge in [0, 0.05) is 12.1 Å². The lowest BCUT2D eigenvalue weighted by molar-refractivity contribution is -0.140. The van der Waals surface area contributed by atoms with E-state index in [1.165, 1.54) is 30.1 Å². The standard InChI is InChI=1S/C16H15N5O7/c1-24-15(22)9-5-26-7-20(14(9)16(23)25-2)10-3-12-13(28-8-27-12)4-11(10)21-6-17-18-19-21/h3-4,6H,5,7-8H2,1-2H3. The molecule has 0 aliphatic carbocycles. The van der Waals surface area contributed by atoms with Gasteiger partial charge in [-0.05, 0) is 10.4 Å². The van der Waals surface area contributed by atoms with E-state index in [-0.39, 0.29) is 31.4 Å². The smallest absolute Gasteiger partial charge is 0.355 e. The van der Waals surface area contributed by atoms with Crippen molar-refractivity contribution in [3.05, 3.63) is 29.7 Å². The minimum atomic E-state index is -0.718. The van der Waals surface area contributed by atoms with E-state index in [2.05, 4.69) is 15.5 Å². The van der Waals surface area contributed by atoms with Crippen LogP contribution in [0.4, 0.5) is 5.69 Å². The van der Waals surface area contributed by atoms with Crippen LogP contribution < -0.4 is 14.4 Å². The minimum Gasteiger partial charge on any atom is -0.466 e. The number of ether oxygens (including phenoxy) is 5. The lowest BCUT2D eigenvalue weighted by atomic mass is 10.1. The van der Waals surface area contributed by atoms with Gasteiger partial charge in [0.2, 0.25) is 6.79 Å². The van der Waals surface area contributed by atoms with Crippen molar-refractivity contribution >= 4 is 17.6 Å². The Balaban J connectivity index is 1.91. The summed E-state index contributed by atoms with van der Waals surface area (Å²) < 4.78 is 27.4. The zero-order chi connectivity index (χ0) is 19.7. The van der Waals surface area contributed by atoms with Gasteiger partial charge >= 0.3 is 11.9 Å². The van der Waals surface area contributed by atoms with Gasteiger partial charge in [-0.25, -0.2) is 9.59 Å². The Kier molecular flexibility index (Phi) is 4.53. The molecule has 0 N–H and O–H groups in total. The summed E-state index contributed by atoms with van der Waals surface area (Å²) in [4.78, 5) is 26.2. The normalized spacial score (nSPS) is 15.6. The number of esters is 2. The summed E-state index contributed by atoms with van der Waals surface area (Å²) in [5.74, 6) is -0.468. The topological polar surface area (TPSA) is 127 Å². The van der Waals surface area contributed by atoms with E-state index >= 15 is 0 Å². The van der Waals surface area contributed by atoms with Crippen LogP contribution in [0.1, 0.15) is 0 Å². The SMILES string of the molecule is COC(=O)C1=C(C(=O)OC)N(c2cc3c(cc2-n2cnnn2)OCO3)COC1. The highest BCUT2D eigenvalue weighted by atomic mass is 16.7. The van der Waals surface area contributed by atoms with E-state index in [4.69, 9.17) is 23.7 Å². The summed E-state index contributed by atoms with van der Waals surface area (Å²) >= 11 is 0. The summed E-state index contributed by atoms with van der Waals surface area (Å²) in [5, 5.41) is 11.2. The van der Waals surface area contributed by atoms with Gasteiger partial charge in [-0.2, -0.15) is 4.68 Å². The number of hydrogen-bond donors (Lipinski definition) is 0. The quantitative estimate of drug-likeness (QED) is 0.644. The largest absolute Gasteiger partial charge is 0.466 e. The molecule has 0 radical (unpaired) electrons. The van der Waals surface area contributed by atoms with Gasteiger partial charge in [0.05, 0.1) is 37.8 Å². The Morgan fingerprint density at radius 3 is 2.43 bits per heavy atom. The monoisotopic (exact) mass is 389 g/mol. The highest BCUT2D eigenvalue weighted by Crippen LogP contribution is 2.41. The van der Waals surface area contributed by atoms with Crippen molar-refractivity contribution in [2.24, 2.45) is 0 Å². The van der Waals surface area contributed by atoms with Crippen LogP contribution in [0.15, 0.2) is 29.7 Å². The molecule has 4 rings (SSSR count). The molecule has 2 aromatic rings. The molecule has 0 spiro atoms. The predicted molar refractivity (Wildman–Crippen MR) is 89.6 cm³/mol. The van der Waals surface area contributed by atoms with Gasteiger partial charge in [-0.15, -0.1) is 5.10 Å². The van der Waals surface area contributed by atoms with E-state index in [1.807, 2.05) is 0 Å². The Morgan fingerprint density at radius 1 is 1.07 bits per heavy atom. The zero-order valence-corrected chi connectivity index (χ0v) is 14.9. The van der Waals surface area contributed by atoms with Crippen LogP contribution in [-0.2, 0) is 23.8 Å². The minimum absolute atomic E-state index is 0.00575. The molecule has 12 nitrogen and oxygen atoms in total. The summed E-state index contributed by atoms with van der Waals surface area (Å²) in [6.07, 6.45) is 1.38. The Bertz CT molecular complexity index is 957. The first-order valence-electron chi connectivity index (χ1n) is 8.06. The molecule has 0 unspecified atom stereocenters. The molecular weight excluding hydrogens is 374 g/mol. The number of tetrazole rings is 1. The van der Waals surface area contributed by atoms with Crippen LogP contribution in [0, 0.1) is 0 Å². The molecule has 0 bridgehead atoms. The molecule has 28 heavy (non-hydrogen) atoms. The van der Waals surface area contributed by atoms with Crippen LogP contribution in [-0.4, -0.2) is 66.5 Å². The predicted octanol–water partition coefficient (Wildman–Crippen LogP) is -0.215. The second-order valence-corrected chi connectivity index (χ2v) is 5.66. The average molecular weight is 389 g/mol. The highest BCUT2D eigenvalue weighted by Gasteiger charge is 2.35. The van der Waals surface area contributed by atoms with Crippen LogP contribution >= 0.6 is 0 Å². The maximum absolute atomic E-state index is 12.5. The van der Waals surface area contributed by atoms with Gasteiger partial charge in [-0.3, -0.25) is 0 Å². The highest BCUT2D eigenvalue weighted by molar-refractivity contribution is 6.03. The molecule has 0 fully saturated rings. The molecule has 2 aliphatic rings. The van der Waals surface area contributed by atoms with E-state index in [1.54, 1.807) is 12.1 Å². The fraction of sp³-hybridized carbons (Fsp3) is 0.312. The number of carbonyl (C=O) groups excluding carboxylic acids is 2. The first-order chi connectivity index (χ1) is 13.6. The Morgan fingerprint density at radius 2 is 1.79 bits per heavy atom. The van der Waals surface area contributed by atoms with Crippen molar-refractivity contribution in [1.82, 2.24) is 20.2 Å². The third kappa shape index (κ3) is 2.89. The summed E-state index contributed by atoms with van der Waals surface area (Å²) in [6, 6.07) is 3.31. The second kappa shape index (κ2) is 7.15. The van der Waals surface area contributed by atoms with Gasteiger partial charge < -0.3 is 28.6 Å². The van der Waals surface area contributed by atoms with Crippen molar-refractivity contribution in [2.45, 2.75) is 0 Å². The van der Waals surface area contributed by atoms with Gasteiger partial charge in [0.25, 0.3) is 0 Å². The molecule has 3 heterocycles. The third-order valence-electron chi connectivity index (χ3n) is 4.19. The maximum Gasteiger partial charge on any atom is 0.355 e. The zero-order valence-electron chi connectivity index (χ0n) is 14.9. The maximum atomic E-state index is 12.5. The number of methoxy groups -OCH3 is 2. The molecule has 1 aromatic carbocycles. The van der Waals surface area contributed by atoms with Crippen molar-refractivity contribution in [2.75, 3.05) is 39.3 Å². The second-order valence-electron chi connectivity index (χ2n) is 5.66. The molecule has 146 valence electrons. The van der Waals surface area contributed by atoms with Crippen molar-refractivity contribution in [3.63, 3.8) is 0 Å². The molecule has 2 aliphatic heterocycles. The number of aromatic nitrogens is 4. The first kappa shape index (κ1) is 17.7. The number of fused-ring (bicyclic) bond motifs is 1. The summed E-state index contributed by atoms with van der Waals surface area (Å²) in [5.41, 5.74) is 0.943. The van der Waals surface area contributed by atoms with E-state index in [0.29, 0.717) is 22.9 Å². The third-order valence-corrected chi connectivity index (χ3v) is 4.19. The van der Waals surface area contributed by atoms with Crippen LogP contribution in [0.2, 0.25) is 0 Å². The number of nitrogens with zero attached hydrogens (tertiary/aromatic N) is 5. The molecule has 0 saturated heterocycles. The van der Waals surface area contributed by atoms with Crippen LogP contribution in [0.5, 0.6) is 11.5 Å². The summed E-state index contributed by atoms with van der Waals surface area (Å²) in [6.45, 7) is -0.0739. The fourth-order valence-corrected chi connectivity index (χ4v) is 2.93. The number of benzene rings is 1. The number of rotatable bonds is 4. The molecule has 0 saturated carbocycles. The fourth-order valence-electron chi connectivity index (χ4n) is 2.93. The van der Waals surface area contributed by atoms with E-state index in [9.17, 15) is 9.59 Å². The molecule has 0 atom stereocenters. The average Bonchev–Trinajstić information content (AvgIpc) is 3.42. The Labute approximate surface area is 158 Å². The van der Waals surface area contributed by atoms with Gasteiger partial charge in [-0.1, -0.05) is 0 Å². The lowest BCUT2D eigenvalue weighted by Gasteiger charge is -2.32. The number of hydrogen-bond acceptors (Lipinski definition) is 11. The van der Waals surface area contributed by atoms with Crippen LogP contribution in [0.3, 0.4) is 0 Å². The van der Waals surface area contributed by atoms with Gasteiger partial charge in [0.1, 0.15) is 18.8 Å². The van der Waals surface area contributed by atoms with Crippen molar-refractivity contribution in [1.29, 1.82) is 0 Å². The van der Waals surface area contributed by atoms with E-state index in [0.717, 1.165) is 0 Å². The van der Waals surface area contributed by atoms with E-state index < -0.39 is 11.9 Å². The number of carbonyl (C=O) groups is 2. The van der Waals surface area contributed by atoms with Crippen LogP contribution in [0.25, 0.3) is 5.69 Å². The number of anilines is 1.